The maximum absolute atomic E-state index is 5.54. The molecule has 1 heterocycles. The molecule has 0 bridgehead atoms. The van der Waals surface area contributed by atoms with Crippen LogP contribution in [-0.4, -0.2) is 49.3 Å². The summed E-state index contributed by atoms with van der Waals surface area (Å²) in [5.41, 5.74) is 0.284. The van der Waals surface area contributed by atoms with Gasteiger partial charge in [-0.05, 0) is 47.1 Å². The molecule has 1 aliphatic heterocycles. The second-order valence-corrected chi connectivity index (χ2v) is 5.71. The van der Waals surface area contributed by atoms with Crippen molar-refractivity contribution in [2.75, 3.05) is 32.8 Å². The lowest BCUT2D eigenvalue weighted by Gasteiger charge is -2.39. The van der Waals surface area contributed by atoms with Crippen LogP contribution in [0.3, 0.4) is 0 Å². The third kappa shape index (κ3) is 5.83. The van der Waals surface area contributed by atoms with Gasteiger partial charge in [-0.15, -0.1) is 0 Å². The maximum atomic E-state index is 5.54. The van der Waals surface area contributed by atoms with Gasteiger partial charge in [-0.1, -0.05) is 0 Å². The Morgan fingerprint density at radius 1 is 1.31 bits per heavy atom. The average Bonchev–Trinajstić information content (AvgIpc) is 2.15. The van der Waals surface area contributed by atoms with Crippen molar-refractivity contribution in [1.82, 2.24) is 10.2 Å². The molecule has 0 spiro atoms. The molecule has 0 amide bonds. The summed E-state index contributed by atoms with van der Waals surface area (Å²) < 4.78 is 5.54. The number of unbranched alkanes of at least 4 members (excludes halogenated alkanes) is 1. The summed E-state index contributed by atoms with van der Waals surface area (Å²) in [4.78, 5) is 2.56. The lowest BCUT2D eigenvalue weighted by Crippen LogP contribution is -2.57. The molecule has 0 aliphatic carbocycles. The van der Waals surface area contributed by atoms with E-state index in [1.165, 1.54) is 25.9 Å². The van der Waals surface area contributed by atoms with Gasteiger partial charge in [0.1, 0.15) is 0 Å². The number of piperazine rings is 1. The minimum Gasteiger partial charge on any atom is -0.379 e. The maximum Gasteiger partial charge on any atom is 0.0518 e. The van der Waals surface area contributed by atoms with E-state index in [2.05, 4.69) is 37.9 Å². The molecule has 3 nitrogen and oxygen atoms in total. The molecular formula is C13H28N2O. The molecule has 0 aromatic heterocycles. The molecule has 1 rings (SSSR count). The predicted molar refractivity (Wildman–Crippen MR) is 68.8 cm³/mol. The Balaban J connectivity index is 2.04. The van der Waals surface area contributed by atoms with Gasteiger partial charge >= 0.3 is 0 Å². The van der Waals surface area contributed by atoms with Crippen molar-refractivity contribution in [3.63, 3.8) is 0 Å². The van der Waals surface area contributed by atoms with Gasteiger partial charge in [-0.3, -0.25) is 0 Å². The second-order valence-electron chi connectivity index (χ2n) is 5.71. The van der Waals surface area contributed by atoms with Crippen LogP contribution in [0.1, 0.15) is 40.5 Å². The second kappa shape index (κ2) is 6.58. The summed E-state index contributed by atoms with van der Waals surface area (Å²) in [6, 6.07) is 0. The monoisotopic (exact) mass is 228 g/mol. The fourth-order valence-electron chi connectivity index (χ4n) is 2.19. The van der Waals surface area contributed by atoms with Crippen molar-refractivity contribution in [3.05, 3.63) is 0 Å². The smallest absolute Gasteiger partial charge is 0.0518 e. The molecule has 3 heteroatoms. The molecule has 0 radical (unpaired) electrons. The van der Waals surface area contributed by atoms with E-state index < -0.39 is 0 Å². The van der Waals surface area contributed by atoms with Crippen molar-refractivity contribution in [2.45, 2.75) is 52.2 Å². The Hall–Kier alpha value is -0.120. The van der Waals surface area contributed by atoms with Crippen molar-refractivity contribution in [3.8, 4) is 0 Å². The van der Waals surface area contributed by atoms with E-state index in [1.54, 1.807) is 0 Å². The number of rotatable bonds is 6. The first kappa shape index (κ1) is 13.9. The van der Waals surface area contributed by atoms with E-state index in [9.17, 15) is 0 Å². The normalized spacial score (nSPS) is 21.6. The minimum absolute atomic E-state index is 0.284. The van der Waals surface area contributed by atoms with E-state index in [-0.39, 0.29) is 5.54 Å². The lowest BCUT2D eigenvalue weighted by atomic mass is 10.0. The Morgan fingerprint density at radius 2 is 2.06 bits per heavy atom. The average molecular weight is 228 g/mol. The third-order valence-electron chi connectivity index (χ3n) is 2.97. The number of hydrogen-bond donors (Lipinski definition) is 1. The van der Waals surface area contributed by atoms with Crippen LogP contribution in [-0.2, 0) is 4.74 Å². The van der Waals surface area contributed by atoms with Gasteiger partial charge in [-0.25, -0.2) is 0 Å². The van der Waals surface area contributed by atoms with E-state index in [4.69, 9.17) is 4.74 Å². The van der Waals surface area contributed by atoms with Crippen LogP contribution in [0, 0.1) is 0 Å². The van der Waals surface area contributed by atoms with Crippen LogP contribution >= 0.6 is 0 Å². The van der Waals surface area contributed by atoms with Crippen molar-refractivity contribution < 1.29 is 4.74 Å². The highest BCUT2D eigenvalue weighted by molar-refractivity contribution is 4.86. The van der Waals surface area contributed by atoms with E-state index in [1.807, 2.05) is 0 Å². The number of nitrogens with one attached hydrogen (secondary N) is 1. The molecular weight excluding hydrogens is 200 g/mol. The van der Waals surface area contributed by atoms with Crippen LogP contribution in [0.2, 0.25) is 0 Å². The zero-order valence-electron chi connectivity index (χ0n) is 11.4. The summed E-state index contributed by atoms with van der Waals surface area (Å²) >= 11 is 0. The van der Waals surface area contributed by atoms with Crippen LogP contribution in [0.4, 0.5) is 0 Å². The molecule has 0 unspecified atom stereocenters. The summed E-state index contributed by atoms with van der Waals surface area (Å²) in [6.07, 6.45) is 2.81. The highest BCUT2D eigenvalue weighted by Crippen LogP contribution is 2.10. The largest absolute Gasteiger partial charge is 0.379 e. The molecule has 0 aromatic carbocycles. The number of nitrogens with zero attached hydrogens (tertiary/aromatic N) is 1. The SMILES string of the molecule is CC(C)OCCCCN1CCNC(C)(C)C1. The Labute approximate surface area is 101 Å². The molecule has 16 heavy (non-hydrogen) atoms. The Bertz CT molecular complexity index is 192. The van der Waals surface area contributed by atoms with Gasteiger partial charge in [0.25, 0.3) is 0 Å². The molecule has 1 fully saturated rings. The molecule has 1 N–H and O–H groups in total. The van der Waals surface area contributed by atoms with Crippen molar-refractivity contribution in [1.29, 1.82) is 0 Å². The van der Waals surface area contributed by atoms with Crippen molar-refractivity contribution >= 4 is 0 Å². The standard InChI is InChI=1S/C13H28N2O/c1-12(2)16-10-6-5-8-15-9-7-14-13(3,4)11-15/h12,14H,5-11H2,1-4H3. The summed E-state index contributed by atoms with van der Waals surface area (Å²) in [7, 11) is 0. The molecule has 96 valence electrons. The molecule has 1 aliphatic rings. The van der Waals surface area contributed by atoms with E-state index in [0.29, 0.717) is 6.10 Å². The molecule has 0 saturated carbocycles. The quantitative estimate of drug-likeness (QED) is 0.703. The van der Waals surface area contributed by atoms with Gasteiger partial charge in [0.15, 0.2) is 0 Å². The summed E-state index contributed by atoms with van der Waals surface area (Å²) in [5.74, 6) is 0. The lowest BCUT2D eigenvalue weighted by molar-refractivity contribution is 0.0723. The fourth-order valence-corrected chi connectivity index (χ4v) is 2.19. The van der Waals surface area contributed by atoms with Crippen LogP contribution in [0.25, 0.3) is 0 Å². The van der Waals surface area contributed by atoms with Crippen molar-refractivity contribution in [2.24, 2.45) is 0 Å². The molecule has 0 aromatic rings. The number of hydrogen-bond acceptors (Lipinski definition) is 3. The summed E-state index contributed by atoms with van der Waals surface area (Å²) in [5, 5.41) is 3.54. The predicted octanol–water partition coefficient (Wildman–Crippen LogP) is 1.88. The fraction of sp³-hybridized carbons (Fsp3) is 1.00. The Kier molecular flexibility index (Phi) is 5.73. The van der Waals surface area contributed by atoms with Gasteiger partial charge in [0.05, 0.1) is 6.10 Å². The van der Waals surface area contributed by atoms with Crippen LogP contribution in [0.15, 0.2) is 0 Å². The van der Waals surface area contributed by atoms with E-state index >= 15 is 0 Å². The van der Waals surface area contributed by atoms with Crippen LogP contribution in [0.5, 0.6) is 0 Å². The zero-order valence-corrected chi connectivity index (χ0v) is 11.4. The topological polar surface area (TPSA) is 24.5 Å². The van der Waals surface area contributed by atoms with Crippen LogP contribution < -0.4 is 5.32 Å². The Morgan fingerprint density at radius 3 is 2.69 bits per heavy atom. The minimum atomic E-state index is 0.284. The van der Waals surface area contributed by atoms with E-state index in [0.717, 1.165) is 19.7 Å². The highest BCUT2D eigenvalue weighted by Gasteiger charge is 2.24. The summed E-state index contributed by atoms with van der Waals surface area (Å²) in [6.45, 7) is 14.3. The third-order valence-corrected chi connectivity index (χ3v) is 2.97. The first-order valence-corrected chi connectivity index (χ1v) is 6.58. The van der Waals surface area contributed by atoms with Gasteiger partial charge in [0, 0.05) is 31.8 Å². The van der Waals surface area contributed by atoms with Gasteiger partial charge in [0.2, 0.25) is 0 Å². The van der Waals surface area contributed by atoms with Gasteiger partial charge in [-0.2, -0.15) is 0 Å². The first-order valence-electron chi connectivity index (χ1n) is 6.58. The first-order chi connectivity index (χ1) is 7.49. The number of ether oxygens (including phenoxy) is 1. The molecule has 1 saturated heterocycles. The highest BCUT2D eigenvalue weighted by atomic mass is 16.5. The molecule has 0 atom stereocenters. The van der Waals surface area contributed by atoms with Gasteiger partial charge < -0.3 is 15.0 Å². The zero-order chi connectivity index (χ0) is 12.0.